The van der Waals surface area contributed by atoms with Gasteiger partial charge in [-0.3, -0.25) is 0 Å². The number of ether oxygens (including phenoxy) is 2. The van der Waals surface area contributed by atoms with Crippen molar-refractivity contribution in [2.75, 3.05) is 18.5 Å². The summed E-state index contributed by atoms with van der Waals surface area (Å²) in [7, 11) is 0. The fourth-order valence-electron chi connectivity index (χ4n) is 1.75. The first kappa shape index (κ1) is 16.4. The summed E-state index contributed by atoms with van der Waals surface area (Å²) in [5.74, 6) is 1.59. The van der Waals surface area contributed by atoms with Gasteiger partial charge in [0.15, 0.2) is 5.11 Å². The van der Waals surface area contributed by atoms with Crippen molar-refractivity contribution < 1.29 is 9.47 Å². The van der Waals surface area contributed by atoms with Crippen LogP contribution in [0.2, 0.25) is 5.02 Å². The molecule has 0 amide bonds. The quantitative estimate of drug-likeness (QED) is 0.594. The molecule has 0 aliphatic carbocycles. The van der Waals surface area contributed by atoms with Crippen LogP contribution in [-0.2, 0) is 0 Å². The zero-order valence-electron chi connectivity index (χ0n) is 11.9. The summed E-state index contributed by atoms with van der Waals surface area (Å²) in [5, 5.41) is 3.80. The molecule has 3 N–H and O–H groups in total. The Morgan fingerprint density at radius 3 is 1.95 bits per heavy atom. The average Bonchev–Trinajstić information content (AvgIpc) is 2.50. The minimum Gasteiger partial charge on any atom is -0.493 e. The van der Waals surface area contributed by atoms with Crippen LogP contribution in [0.5, 0.6) is 11.5 Å². The largest absolute Gasteiger partial charge is 0.493 e. The van der Waals surface area contributed by atoms with E-state index in [0.29, 0.717) is 18.2 Å². The molecular weight excluding hydrogens is 320 g/mol. The molecule has 0 aliphatic heterocycles. The Kier molecular flexibility index (Phi) is 6.30. The molecule has 0 unspecified atom stereocenters. The van der Waals surface area contributed by atoms with E-state index in [4.69, 9.17) is 39.0 Å². The number of nitrogens with two attached hydrogens (primary N) is 1. The summed E-state index contributed by atoms with van der Waals surface area (Å²) < 4.78 is 11.2. The van der Waals surface area contributed by atoms with Gasteiger partial charge < -0.3 is 20.5 Å². The Labute approximate surface area is 140 Å². The third kappa shape index (κ3) is 5.79. The molecule has 4 nitrogen and oxygen atoms in total. The van der Waals surface area contributed by atoms with Crippen molar-refractivity contribution in [1.29, 1.82) is 0 Å². The van der Waals surface area contributed by atoms with E-state index in [1.54, 1.807) is 12.1 Å². The van der Waals surface area contributed by atoms with Crippen molar-refractivity contribution in [3.63, 3.8) is 0 Å². The summed E-state index contributed by atoms with van der Waals surface area (Å²) in [4.78, 5) is 0. The maximum absolute atomic E-state index is 5.81. The lowest BCUT2D eigenvalue weighted by atomic mass is 10.3. The van der Waals surface area contributed by atoms with Gasteiger partial charge >= 0.3 is 0 Å². The second-order valence-corrected chi connectivity index (χ2v) is 5.39. The van der Waals surface area contributed by atoms with Crippen molar-refractivity contribution in [2.24, 2.45) is 5.73 Å². The smallest absolute Gasteiger partial charge is 0.168 e. The van der Waals surface area contributed by atoms with E-state index in [0.717, 1.165) is 23.6 Å². The first-order valence-electron chi connectivity index (χ1n) is 6.81. The summed E-state index contributed by atoms with van der Waals surface area (Å²) in [6.07, 6.45) is 0.787. The lowest BCUT2D eigenvalue weighted by Crippen LogP contribution is -2.18. The molecule has 22 heavy (non-hydrogen) atoms. The molecule has 2 aromatic carbocycles. The lowest BCUT2D eigenvalue weighted by molar-refractivity contribution is 0.247. The molecule has 0 bridgehead atoms. The number of halogens is 1. The van der Waals surface area contributed by atoms with Crippen LogP contribution < -0.4 is 20.5 Å². The molecule has 116 valence electrons. The highest BCUT2D eigenvalue weighted by Gasteiger charge is 1.98. The number of nitrogens with one attached hydrogen (secondary N) is 1. The van der Waals surface area contributed by atoms with Crippen LogP contribution in [0.25, 0.3) is 0 Å². The van der Waals surface area contributed by atoms with Gasteiger partial charge in [-0.1, -0.05) is 11.6 Å². The highest BCUT2D eigenvalue weighted by Crippen LogP contribution is 2.17. The number of thiocarbonyl (C=S) groups is 1. The van der Waals surface area contributed by atoms with Gasteiger partial charge in [-0.15, -0.1) is 0 Å². The second kappa shape index (κ2) is 8.46. The van der Waals surface area contributed by atoms with Crippen molar-refractivity contribution in [3.05, 3.63) is 53.6 Å². The molecule has 0 aliphatic rings. The molecule has 0 spiro atoms. The number of hydrogen-bond acceptors (Lipinski definition) is 3. The Morgan fingerprint density at radius 2 is 1.45 bits per heavy atom. The van der Waals surface area contributed by atoms with Crippen LogP contribution in [0.15, 0.2) is 48.5 Å². The molecule has 0 aromatic heterocycles. The predicted molar refractivity (Wildman–Crippen MR) is 93.9 cm³/mol. The summed E-state index contributed by atoms with van der Waals surface area (Å²) >= 11 is 10.6. The SMILES string of the molecule is NC(=S)Nc1ccc(OCCCOc2ccc(Cl)cc2)cc1. The van der Waals surface area contributed by atoms with E-state index >= 15 is 0 Å². The van der Waals surface area contributed by atoms with Crippen LogP contribution in [0.4, 0.5) is 5.69 Å². The highest BCUT2D eigenvalue weighted by atomic mass is 35.5. The van der Waals surface area contributed by atoms with Gasteiger partial charge in [0.25, 0.3) is 0 Å². The number of anilines is 1. The first-order chi connectivity index (χ1) is 10.6. The van der Waals surface area contributed by atoms with Gasteiger partial charge in [-0.05, 0) is 60.7 Å². The molecule has 0 heterocycles. The van der Waals surface area contributed by atoms with Crippen molar-refractivity contribution in [1.82, 2.24) is 0 Å². The standard InChI is InChI=1S/C16H17ClN2O2S/c17-12-2-6-14(7-3-12)20-10-1-11-21-15-8-4-13(5-9-15)19-16(18)22/h2-9H,1,10-11H2,(H3,18,19,22). The Balaban J connectivity index is 1.66. The number of benzene rings is 2. The van der Waals surface area contributed by atoms with Crippen molar-refractivity contribution in [3.8, 4) is 11.5 Å². The van der Waals surface area contributed by atoms with Crippen molar-refractivity contribution >= 4 is 34.6 Å². The molecule has 6 heteroatoms. The fraction of sp³-hybridized carbons (Fsp3) is 0.188. The van der Waals surface area contributed by atoms with E-state index in [1.165, 1.54) is 0 Å². The van der Waals surface area contributed by atoms with Crippen LogP contribution >= 0.6 is 23.8 Å². The average molecular weight is 337 g/mol. The molecule has 2 rings (SSSR count). The van der Waals surface area contributed by atoms with Gasteiger partial charge in [-0.2, -0.15) is 0 Å². The van der Waals surface area contributed by atoms with Gasteiger partial charge in [-0.25, -0.2) is 0 Å². The normalized spacial score (nSPS) is 10.0. The fourth-order valence-corrected chi connectivity index (χ4v) is 1.99. The van der Waals surface area contributed by atoms with Crippen LogP contribution in [0, 0.1) is 0 Å². The summed E-state index contributed by atoms with van der Waals surface area (Å²) in [5.41, 5.74) is 6.24. The zero-order valence-corrected chi connectivity index (χ0v) is 13.5. The van der Waals surface area contributed by atoms with E-state index in [9.17, 15) is 0 Å². The van der Waals surface area contributed by atoms with Gasteiger partial charge in [0, 0.05) is 17.1 Å². The van der Waals surface area contributed by atoms with Crippen LogP contribution in [0.3, 0.4) is 0 Å². The molecule has 0 radical (unpaired) electrons. The van der Waals surface area contributed by atoms with Crippen LogP contribution in [-0.4, -0.2) is 18.3 Å². The summed E-state index contributed by atoms with van der Waals surface area (Å²) in [6, 6.07) is 14.7. The maximum Gasteiger partial charge on any atom is 0.168 e. The monoisotopic (exact) mass is 336 g/mol. The highest BCUT2D eigenvalue weighted by molar-refractivity contribution is 7.80. The molecule has 2 aromatic rings. The van der Waals surface area contributed by atoms with E-state index in [-0.39, 0.29) is 5.11 Å². The number of rotatable bonds is 7. The Bertz CT molecular complexity index is 603. The first-order valence-corrected chi connectivity index (χ1v) is 7.60. The molecule has 0 saturated carbocycles. The molecule has 0 atom stereocenters. The number of hydrogen-bond donors (Lipinski definition) is 2. The zero-order chi connectivity index (χ0) is 15.8. The van der Waals surface area contributed by atoms with E-state index in [2.05, 4.69) is 5.32 Å². The third-order valence-corrected chi connectivity index (χ3v) is 3.12. The molecule has 0 saturated heterocycles. The van der Waals surface area contributed by atoms with Gasteiger partial charge in [0.2, 0.25) is 0 Å². The topological polar surface area (TPSA) is 56.5 Å². The second-order valence-electron chi connectivity index (χ2n) is 4.52. The minimum absolute atomic E-state index is 0.244. The van der Waals surface area contributed by atoms with Gasteiger partial charge in [0.1, 0.15) is 11.5 Å². The third-order valence-electron chi connectivity index (χ3n) is 2.76. The lowest BCUT2D eigenvalue weighted by Gasteiger charge is -2.09. The molecular formula is C16H17ClN2O2S. The maximum atomic E-state index is 5.81. The minimum atomic E-state index is 0.244. The summed E-state index contributed by atoms with van der Waals surface area (Å²) in [6.45, 7) is 1.17. The Hall–Kier alpha value is -1.98. The van der Waals surface area contributed by atoms with E-state index in [1.807, 2.05) is 36.4 Å². The van der Waals surface area contributed by atoms with Crippen molar-refractivity contribution in [2.45, 2.75) is 6.42 Å². The predicted octanol–water partition coefficient (Wildman–Crippen LogP) is 3.84. The van der Waals surface area contributed by atoms with Gasteiger partial charge in [0.05, 0.1) is 13.2 Å². The Morgan fingerprint density at radius 1 is 0.955 bits per heavy atom. The molecule has 0 fully saturated rings. The van der Waals surface area contributed by atoms with Crippen LogP contribution in [0.1, 0.15) is 6.42 Å². The van der Waals surface area contributed by atoms with E-state index < -0.39 is 0 Å².